The van der Waals surface area contributed by atoms with E-state index in [9.17, 15) is 4.79 Å². The van der Waals surface area contributed by atoms with Crippen molar-refractivity contribution in [3.05, 3.63) is 35.4 Å². The molecule has 1 aromatic carbocycles. The van der Waals surface area contributed by atoms with Crippen molar-refractivity contribution in [1.82, 2.24) is 10.6 Å². The Kier molecular flexibility index (Phi) is 5.08. The van der Waals surface area contributed by atoms with Gasteiger partial charge in [0.15, 0.2) is 0 Å². The molecule has 1 aromatic rings. The summed E-state index contributed by atoms with van der Waals surface area (Å²) in [4.78, 5) is 11.6. The van der Waals surface area contributed by atoms with E-state index in [-0.39, 0.29) is 5.91 Å². The Morgan fingerprint density at radius 1 is 1.50 bits per heavy atom. The molecule has 1 fully saturated rings. The largest absolute Gasteiger partial charge is 0.355 e. The van der Waals surface area contributed by atoms with Gasteiger partial charge in [0.2, 0.25) is 5.91 Å². The molecule has 1 heterocycles. The maximum Gasteiger partial charge on any atom is 0.230 e. The van der Waals surface area contributed by atoms with E-state index in [1.165, 1.54) is 11.1 Å². The van der Waals surface area contributed by atoms with Crippen molar-refractivity contribution in [3.63, 3.8) is 0 Å². The number of hydrogen-bond donors (Lipinski definition) is 2. The Hall–Kier alpha value is -1.00. The number of carbonyl (C=O) groups excluding carboxylic acids is 1. The Bertz CT molecular complexity index is 405. The number of amides is 1. The fraction of sp³-hybridized carbons (Fsp3) is 0.500. The predicted octanol–water partition coefficient (Wildman–Crippen LogP) is 1.56. The summed E-state index contributed by atoms with van der Waals surface area (Å²) in [7, 11) is 0. The van der Waals surface area contributed by atoms with E-state index >= 15 is 0 Å². The first-order valence-corrected chi connectivity index (χ1v) is 7.50. The van der Waals surface area contributed by atoms with Crippen LogP contribution in [-0.2, 0) is 10.5 Å². The van der Waals surface area contributed by atoms with Crippen molar-refractivity contribution < 1.29 is 4.79 Å². The molecule has 18 heavy (non-hydrogen) atoms. The van der Waals surface area contributed by atoms with Crippen molar-refractivity contribution in [2.45, 2.75) is 12.7 Å². The third-order valence-corrected chi connectivity index (χ3v) is 4.04. The van der Waals surface area contributed by atoms with Crippen LogP contribution in [0.1, 0.15) is 11.1 Å². The molecule has 0 spiro atoms. The fourth-order valence-corrected chi connectivity index (χ4v) is 2.67. The van der Waals surface area contributed by atoms with Crippen LogP contribution in [0.2, 0.25) is 0 Å². The van der Waals surface area contributed by atoms with Gasteiger partial charge in [-0.25, -0.2) is 0 Å². The van der Waals surface area contributed by atoms with Crippen LogP contribution < -0.4 is 10.6 Å². The lowest BCUT2D eigenvalue weighted by molar-refractivity contribution is -0.118. The van der Waals surface area contributed by atoms with Crippen molar-refractivity contribution in [2.75, 3.05) is 25.4 Å². The zero-order valence-corrected chi connectivity index (χ0v) is 11.6. The number of carbonyl (C=O) groups is 1. The average Bonchev–Trinajstić information content (AvgIpc) is 2.27. The van der Waals surface area contributed by atoms with Gasteiger partial charge in [-0.05, 0) is 12.5 Å². The van der Waals surface area contributed by atoms with Crippen LogP contribution in [0.15, 0.2) is 24.3 Å². The molecule has 0 unspecified atom stereocenters. The van der Waals surface area contributed by atoms with Gasteiger partial charge in [-0.2, -0.15) is 0 Å². The van der Waals surface area contributed by atoms with Crippen LogP contribution in [-0.4, -0.2) is 31.3 Å². The molecule has 0 radical (unpaired) electrons. The molecular formula is C14H20N2OS. The molecule has 1 amide bonds. The highest BCUT2D eigenvalue weighted by molar-refractivity contribution is 7.99. The molecule has 2 rings (SSSR count). The monoisotopic (exact) mass is 264 g/mol. The summed E-state index contributed by atoms with van der Waals surface area (Å²) in [6.07, 6.45) is 0. The summed E-state index contributed by atoms with van der Waals surface area (Å²) < 4.78 is 0. The topological polar surface area (TPSA) is 41.1 Å². The van der Waals surface area contributed by atoms with E-state index < -0.39 is 0 Å². The molecule has 3 nitrogen and oxygen atoms in total. The second-order valence-electron chi connectivity index (χ2n) is 4.81. The van der Waals surface area contributed by atoms with E-state index in [2.05, 4.69) is 41.8 Å². The van der Waals surface area contributed by atoms with Crippen LogP contribution in [0.25, 0.3) is 0 Å². The van der Waals surface area contributed by atoms with Gasteiger partial charge in [0, 0.05) is 31.3 Å². The highest BCUT2D eigenvalue weighted by atomic mass is 32.2. The van der Waals surface area contributed by atoms with Gasteiger partial charge >= 0.3 is 0 Å². The fourth-order valence-electron chi connectivity index (χ4n) is 1.87. The molecular weight excluding hydrogens is 244 g/mol. The third-order valence-electron chi connectivity index (χ3n) is 3.04. The normalized spacial score (nSPS) is 15.2. The maximum atomic E-state index is 11.6. The standard InChI is InChI=1S/C14H20N2OS/c1-11-3-2-4-12(5-11)9-18-10-14(17)16-8-13-6-15-7-13/h2-5,13,15H,6-10H2,1H3,(H,16,17). The summed E-state index contributed by atoms with van der Waals surface area (Å²) in [6.45, 7) is 4.98. The molecule has 1 saturated heterocycles. The first-order chi connectivity index (χ1) is 8.74. The third kappa shape index (κ3) is 4.35. The molecule has 98 valence electrons. The van der Waals surface area contributed by atoms with Gasteiger partial charge in [0.05, 0.1) is 5.75 Å². The average molecular weight is 264 g/mol. The Morgan fingerprint density at radius 3 is 3.00 bits per heavy atom. The van der Waals surface area contributed by atoms with Gasteiger partial charge < -0.3 is 10.6 Å². The van der Waals surface area contributed by atoms with Gasteiger partial charge in [-0.3, -0.25) is 4.79 Å². The predicted molar refractivity (Wildman–Crippen MR) is 76.7 cm³/mol. The Morgan fingerprint density at radius 2 is 2.33 bits per heavy atom. The zero-order valence-electron chi connectivity index (χ0n) is 10.7. The Labute approximate surface area is 113 Å². The molecule has 0 saturated carbocycles. The second-order valence-corrected chi connectivity index (χ2v) is 5.80. The minimum Gasteiger partial charge on any atom is -0.355 e. The Balaban J connectivity index is 1.60. The van der Waals surface area contributed by atoms with Crippen LogP contribution in [0.4, 0.5) is 0 Å². The van der Waals surface area contributed by atoms with E-state index in [4.69, 9.17) is 0 Å². The van der Waals surface area contributed by atoms with Crippen LogP contribution in [0.3, 0.4) is 0 Å². The highest BCUT2D eigenvalue weighted by Gasteiger charge is 2.16. The molecule has 1 aliphatic heterocycles. The molecule has 0 aromatic heterocycles. The van der Waals surface area contributed by atoms with Gasteiger partial charge in [-0.15, -0.1) is 11.8 Å². The summed E-state index contributed by atoms with van der Waals surface area (Å²) in [5.41, 5.74) is 2.56. The first kappa shape index (κ1) is 13.4. The number of benzene rings is 1. The highest BCUT2D eigenvalue weighted by Crippen LogP contribution is 2.13. The van der Waals surface area contributed by atoms with E-state index in [0.717, 1.165) is 25.4 Å². The molecule has 4 heteroatoms. The number of hydrogen-bond acceptors (Lipinski definition) is 3. The molecule has 1 aliphatic rings. The SMILES string of the molecule is Cc1cccc(CSCC(=O)NCC2CNC2)c1. The number of aryl methyl sites for hydroxylation is 1. The molecule has 0 bridgehead atoms. The van der Waals surface area contributed by atoms with Crippen LogP contribution >= 0.6 is 11.8 Å². The lowest BCUT2D eigenvalue weighted by atomic mass is 10.0. The smallest absolute Gasteiger partial charge is 0.230 e. The molecule has 0 atom stereocenters. The minimum atomic E-state index is 0.152. The maximum absolute atomic E-state index is 11.6. The van der Waals surface area contributed by atoms with Gasteiger partial charge in [0.1, 0.15) is 0 Å². The second kappa shape index (κ2) is 6.81. The van der Waals surface area contributed by atoms with Crippen molar-refractivity contribution in [3.8, 4) is 0 Å². The first-order valence-electron chi connectivity index (χ1n) is 6.35. The van der Waals surface area contributed by atoms with Crippen LogP contribution in [0, 0.1) is 12.8 Å². The quantitative estimate of drug-likeness (QED) is 0.819. The lowest BCUT2D eigenvalue weighted by Crippen LogP contribution is -2.48. The van der Waals surface area contributed by atoms with Crippen molar-refractivity contribution >= 4 is 17.7 Å². The zero-order chi connectivity index (χ0) is 12.8. The van der Waals surface area contributed by atoms with E-state index in [1.807, 2.05) is 0 Å². The lowest BCUT2D eigenvalue weighted by Gasteiger charge is -2.27. The van der Waals surface area contributed by atoms with E-state index in [1.54, 1.807) is 11.8 Å². The number of nitrogens with one attached hydrogen (secondary N) is 2. The summed E-state index contributed by atoms with van der Waals surface area (Å²) in [5, 5.41) is 6.18. The molecule has 0 aliphatic carbocycles. The summed E-state index contributed by atoms with van der Waals surface area (Å²) >= 11 is 1.67. The van der Waals surface area contributed by atoms with Crippen molar-refractivity contribution in [1.29, 1.82) is 0 Å². The van der Waals surface area contributed by atoms with Crippen molar-refractivity contribution in [2.24, 2.45) is 5.92 Å². The molecule has 2 N–H and O–H groups in total. The van der Waals surface area contributed by atoms with Gasteiger partial charge in [-0.1, -0.05) is 29.8 Å². The summed E-state index contributed by atoms with van der Waals surface area (Å²) in [6, 6.07) is 8.44. The number of rotatable bonds is 6. The minimum absolute atomic E-state index is 0.152. The number of thioether (sulfide) groups is 1. The summed E-state index contributed by atoms with van der Waals surface area (Å²) in [5.74, 6) is 2.24. The van der Waals surface area contributed by atoms with E-state index in [0.29, 0.717) is 11.7 Å². The van der Waals surface area contributed by atoms with Crippen LogP contribution in [0.5, 0.6) is 0 Å². The van der Waals surface area contributed by atoms with Gasteiger partial charge in [0.25, 0.3) is 0 Å².